The fraction of sp³-hybridized carbons (Fsp3) is 0.406. The van der Waals surface area contributed by atoms with Gasteiger partial charge in [-0.3, -0.25) is 14.8 Å². The van der Waals surface area contributed by atoms with Gasteiger partial charge in [-0.05, 0) is 79.5 Å². The van der Waals surface area contributed by atoms with E-state index in [0.717, 1.165) is 43.9 Å². The zero-order valence-electron chi connectivity index (χ0n) is 23.7. The topological polar surface area (TPSA) is 71.6 Å². The van der Waals surface area contributed by atoms with E-state index in [0.29, 0.717) is 38.0 Å². The van der Waals surface area contributed by atoms with Crippen LogP contribution in [-0.4, -0.2) is 81.7 Å². The summed E-state index contributed by atoms with van der Waals surface area (Å²) in [6.45, 7) is 3.38. The molecule has 1 aromatic heterocycles. The van der Waals surface area contributed by atoms with Gasteiger partial charge in [0.2, 0.25) is 5.91 Å². The number of nitrogens with zero attached hydrogens (tertiary/aromatic N) is 6. The molecule has 0 bridgehead atoms. The molecule has 9 heteroatoms. The molecule has 1 atom stereocenters. The van der Waals surface area contributed by atoms with E-state index in [4.69, 9.17) is 0 Å². The second-order valence-electron chi connectivity index (χ2n) is 12.0. The van der Waals surface area contributed by atoms with Crippen molar-refractivity contribution in [1.82, 2.24) is 29.9 Å². The third-order valence-electron chi connectivity index (χ3n) is 9.16. The largest absolute Gasteiger partial charge is 0.339 e. The summed E-state index contributed by atoms with van der Waals surface area (Å²) in [6, 6.07) is 20.2. The SMILES string of the molecule is CN(C)Cc1nc(CCN2CN(c3ccc(F)cc3)C3(CCN([C@H]4Cc5cccc6cccc4c56)CC3)C2=O)n[nH]1. The maximum atomic E-state index is 14.2. The number of amides is 1. The second-order valence-corrected chi connectivity index (χ2v) is 12.0. The number of piperidine rings is 1. The number of benzene rings is 3. The van der Waals surface area contributed by atoms with Crippen LogP contribution in [0.2, 0.25) is 0 Å². The lowest BCUT2D eigenvalue weighted by molar-refractivity contribution is -0.133. The van der Waals surface area contributed by atoms with Crippen LogP contribution in [0.3, 0.4) is 0 Å². The van der Waals surface area contributed by atoms with Gasteiger partial charge in [0.05, 0.1) is 13.2 Å². The highest BCUT2D eigenvalue weighted by Crippen LogP contribution is 2.45. The number of hydrogen-bond donors (Lipinski definition) is 1. The van der Waals surface area contributed by atoms with E-state index in [1.54, 1.807) is 12.1 Å². The molecule has 0 saturated carbocycles. The Labute approximate surface area is 239 Å². The molecule has 212 valence electrons. The standard InChI is InChI=1S/C32H36FN7O/c1-37(2)20-29-34-28(35-36-29)13-16-39-21-40(25-11-9-24(33)10-12-25)32(31(39)41)14-17-38(18-15-32)27-19-23-7-3-5-22-6-4-8-26(27)30(22)23/h3-12,27H,13-21H2,1-2H3,(H,34,35,36)/t27-/m0/s1. The number of nitrogens with one attached hydrogen (secondary N) is 1. The zero-order chi connectivity index (χ0) is 28.1. The maximum absolute atomic E-state index is 14.2. The van der Waals surface area contributed by atoms with Gasteiger partial charge in [0.1, 0.15) is 17.2 Å². The molecule has 1 N–H and O–H groups in total. The predicted molar refractivity (Wildman–Crippen MR) is 157 cm³/mol. The Bertz CT molecular complexity index is 1570. The van der Waals surface area contributed by atoms with Crippen molar-refractivity contribution >= 4 is 22.4 Å². The molecule has 2 saturated heterocycles. The number of anilines is 1. The zero-order valence-corrected chi connectivity index (χ0v) is 23.7. The van der Waals surface area contributed by atoms with E-state index in [9.17, 15) is 9.18 Å². The number of hydrogen-bond acceptors (Lipinski definition) is 6. The van der Waals surface area contributed by atoms with Crippen LogP contribution in [0.1, 0.15) is 41.7 Å². The van der Waals surface area contributed by atoms with Crippen LogP contribution in [0.5, 0.6) is 0 Å². The number of H-pyrrole nitrogens is 1. The van der Waals surface area contributed by atoms with Crippen molar-refractivity contribution in [2.24, 2.45) is 0 Å². The monoisotopic (exact) mass is 553 g/mol. The summed E-state index contributed by atoms with van der Waals surface area (Å²) in [7, 11) is 3.98. The predicted octanol–water partition coefficient (Wildman–Crippen LogP) is 4.14. The average Bonchev–Trinajstić information content (AvgIpc) is 3.65. The molecule has 3 aromatic carbocycles. The molecule has 1 amide bonds. The molecule has 3 aliphatic rings. The molecule has 0 unspecified atom stereocenters. The van der Waals surface area contributed by atoms with Crippen LogP contribution < -0.4 is 4.90 Å². The number of halogens is 1. The number of aromatic amines is 1. The van der Waals surface area contributed by atoms with E-state index in [1.165, 1.54) is 34.0 Å². The first kappa shape index (κ1) is 26.1. The second kappa shape index (κ2) is 10.2. The molecular formula is C32H36FN7O. The first-order valence-electron chi connectivity index (χ1n) is 14.5. The Hall–Kier alpha value is -3.82. The van der Waals surface area contributed by atoms with Gasteiger partial charge in [-0.15, -0.1) is 0 Å². The molecule has 1 aliphatic carbocycles. The highest BCUT2D eigenvalue weighted by Gasteiger charge is 2.54. The van der Waals surface area contributed by atoms with Gasteiger partial charge in [0.15, 0.2) is 5.82 Å². The Morgan fingerprint density at radius 2 is 1.80 bits per heavy atom. The van der Waals surface area contributed by atoms with Crippen LogP contribution in [0.25, 0.3) is 10.8 Å². The summed E-state index contributed by atoms with van der Waals surface area (Å²) in [5.41, 5.74) is 3.07. The van der Waals surface area contributed by atoms with E-state index >= 15 is 0 Å². The van der Waals surface area contributed by atoms with E-state index in [1.807, 2.05) is 23.9 Å². The van der Waals surface area contributed by atoms with Crippen LogP contribution in [-0.2, 0) is 24.2 Å². The van der Waals surface area contributed by atoms with Crippen molar-refractivity contribution < 1.29 is 9.18 Å². The van der Waals surface area contributed by atoms with E-state index < -0.39 is 5.54 Å². The Kier molecular flexibility index (Phi) is 6.51. The van der Waals surface area contributed by atoms with Gasteiger partial charge in [0, 0.05) is 37.8 Å². The van der Waals surface area contributed by atoms with Gasteiger partial charge < -0.3 is 14.7 Å². The lowest BCUT2D eigenvalue weighted by Crippen LogP contribution is -2.57. The minimum atomic E-state index is -0.638. The Balaban J connectivity index is 1.11. The first-order valence-corrected chi connectivity index (χ1v) is 14.5. The molecule has 4 aromatic rings. The van der Waals surface area contributed by atoms with Crippen molar-refractivity contribution in [3.63, 3.8) is 0 Å². The van der Waals surface area contributed by atoms with Crippen molar-refractivity contribution in [3.8, 4) is 0 Å². The van der Waals surface area contributed by atoms with Gasteiger partial charge >= 0.3 is 0 Å². The molecule has 8 nitrogen and oxygen atoms in total. The van der Waals surface area contributed by atoms with Gasteiger partial charge in [-0.1, -0.05) is 36.4 Å². The molecular weight excluding hydrogens is 517 g/mol. The summed E-state index contributed by atoms with van der Waals surface area (Å²) in [5, 5.41) is 10.1. The molecule has 7 rings (SSSR count). The third-order valence-corrected chi connectivity index (χ3v) is 9.16. The smallest absolute Gasteiger partial charge is 0.250 e. The van der Waals surface area contributed by atoms with Gasteiger partial charge in [0.25, 0.3) is 0 Å². The highest BCUT2D eigenvalue weighted by atomic mass is 19.1. The Morgan fingerprint density at radius 1 is 1.05 bits per heavy atom. The molecule has 41 heavy (non-hydrogen) atoms. The van der Waals surface area contributed by atoms with Crippen molar-refractivity contribution in [2.45, 2.75) is 43.8 Å². The molecule has 2 fully saturated rings. The van der Waals surface area contributed by atoms with E-state index in [-0.39, 0.29) is 11.7 Å². The minimum Gasteiger partial charge on any atom is -0.339 e. The molecule has 3 heterocycles. The number of rotatable bonds is 7. The van der Waals surface area contributed by atoms with E-state index in [2.05, 4.69) is 61.4 Å². The lowest BCUT2D eigenvalue weighted by Gasteiger charge is -2.45. The molecule has 2 aliphatic heterocycles. The molecule has 0 radical (unpaired) electrons. The van der Waals surface area contributed by atoms with Crippen LogP contribution >= 0.6 is 0 Å². The van der Waals surface area contributed by atoms with Crippen LogP contribution in [0.15, 0.2) is 60.7 Å². The average molecular weight is 554 g/mol. The summed E-state index contributed by atoms with van der Waals surface area (Å²) >= 11 is 0. The van der Waals surface area contributed by atoms with Crippen molar-refractivity contribution in [2.75, 3.05) is 45.3 Å². The summed E-state index contributed by atoms with van der Waals surface area (Å²) in [6.07, 6.45) is 3.06. The number of likely N-dealkylation sites (tertiary alicyclic amines) is 1. The lowest BCUT2D eigenvalue weighted by atomic mass is 9.84. The van der Waals surface area contributed by atoms with Gasteiger partial charge in [-0.2, -0.15) is 5.10 Å². The quantitative estimate of drug-likeness (QED) is 0.371. The van der Waals surface area contributed by atoms with Crippen LogP contribution in [0.4, 0.5) is 10.1 Å². The maximum Gasteiger partial charge on any atom is 0.250 e. The minimum absolute atomic E-state index is 0.155. The highest BCUT2D eigenvalue weighted by molar-refractivity contribution is 5.94. The fourth-order valence-corrected chi connectivity index (χ4v) is 7.18. The number of carbonyl (C=O) groups excluding carboxylic acids is 1. The van der Waals surface area contributed by atoms with Crippen molar-refractivity contribution in [1.29, 1.82) is 0 Å². The number of aromatic nitrogens is 3. The summed E-state index contributed by atoms with van der Waals surface area (Å²) < 4.78 is 13.9. The normalized spacial score (nSPS) is 20.3. The number of carbonyl (C=O) groups is 1. The molecule has 1 spiro atoms. The van der Waals surface area contributed by atoms with Crippen LogP contribution in [0, 0.1) is 5.82 Å². The van der Waals surface area contributed by atoms with Crippen molar-refractivity contribution in [3.05, 3.63) is 89.3 Å². The first-order chi connectivity index (χ1) is 19.9. The summed E-state index contributed by atoms with van der Waals surface area (Å²) in [4.78, 5) is 27.6. The third kappa shape index (κ3) is 4.57. The fourth-order valence-electron chi connectivity index (χ4n) is 7.18. The van der Waals surface area contributed by atoms with Gasteiger partial charge in [-0.25, -0.2) is 9.37 Å². The Morgan fingerprint density at radius 3 is 2.56 bits per heavy atom. The summed E-state index contributed by atoms with van der Waals surface area (Å²) in [5.74, 6) is 1.42.